The molecule has 0 unspecified atom stereocenters. The number of halogens is 3. The molecule has 0 amide bonds. The van der Waals surface area contributed by atoms with Gasteiger partial charge in [-0.1, -0.05) is 0 Å². The van der Waals surface area contributed by atoms with Gasteiger partial charge in [-0.05, 0) is 11.6 Å². The molecule has 1 aromatic rings. The Morgan fingerprint density at radius 3 is 2.38 bits per heavy atom. The Kier molecular flexibility index (Phi) is 3.04. The van der Waals surface area contributed by atoms with Crippen LogP contribution in [0.25, 0.3) is 0 Å². The van der Waals surface area contributed by atoms with Gasteiger partial charge in [0.2, 0.25) is 0 Å². The molecule has 5 nitrogen and oxygen atoms in total. The van der Waals surface area contributed by atoms with E-state index in [0.29, 0.717) is 6.07 Å². The molecule has 0 aliphatic rings. The summed E-state index contributed by atoms with van der Waals surface area (Å²) < 4.78 is 37.3. The number of benzene rings is 1. The van der Waals surface area contributed by atoms with E-state index >= 15 is 0 Å². The first-order valence-corrected chi connectivity index (χ1v) is 4.02. The molecule has 88 valence electrons. The summed E-state index contributed by atoms with van der Waals surface area (Å²) in [7, 11) is 0. The van der Waals surface area contributed by atoms with Crippen LogP contribution in [0.1, 0.15) is 11.1 Å². The largest absolute Gasteiger partial charge is 0.418 e. The standard InChI is InChI=1S/C8H7F3N2O3/c9-8(10,11)5-1-4(3-14)2-6(7(5)12)13(15)16/h1-2,14H,3,12H2. The Labute approximate surface area is 87.4 Å². The van der Waals surface area contributed by atoms with E-state index in [9.17, 15) is 23.3 Å². The Balaban J connectivity index is 3.50. The minimum absolute atomic E-state index is 0.215. The van der Waals surface area contributed by atoms with Crippen molar-refractivity contribution < 1.29 is 23.2 Å². The van der Waals surface area contributed by atoms with Crippen LogP contribution in [0.2, 0.25) is 0 Å². The van der Waals surface area contributed by atoms with Crippen molar-refractivity contribution >= 4 is 11.4 Å². The molecule has 0 atom stereocenters. The molecule has 1 rings (SSSR count). The molecule has 3 N–H and O–H groups in total. The van der Waals surface area contributed by atoms with Gasteiger partial charge in [0.1, 0.15) is 5.69 Å². The maximum Gasteiger partial charge on any atom is 0.418 e. The molecule has 0 aliphatic heterocycles. The number of anilines is 1. The second-order valence-electron chi connectivity index (χ2n) is 2.99. The quantitative estimate of drug-likeness (QED) is 0.464. The first-order valence-electron chi connectivity index (χ1n) is 4.02. The number of hydrogen-bond donors (Lipinski definition) is 2. The number of alkyl halides is 3. The normalized spacial score (nSPS) is 11.5. The maximum absolute atomic E-state index is 12.4. The molecule has 0 bridgehead atoms. The Morgan fingerprint density at radius 2 is 2.00 bits per heavy atom. The zero-order valence-electron chi connectivity index (χ0n) is 7.78. The molecule has 0 saturated carbocycles. The molecular weight excluding hydrogens is 229 g/mol. The number of nitrogen functional groups attached to an aromatic ring is 1. The van der Waals surface area contributed by atoms with E-state index < -0.39 is 34.6 Å². The van der Waals surface area contributed by atoms with Gasteiger partial charge in [0.15, 0.2) is 0 Å². The van der Waals surface area contributed by atoms with Crippen molar-refractivity contribution in [2.24, 2.45) is 0 Å². The minimum atomic E-state index is -4.79. The van der Waals surface area contributed by atoms with Crippen LogP contribution in [0.3, 0.4) is 0 Å². The molecule has 0 saturated heterocycles. The van der Waals surface area contributed by atoms with Gasteiger partial charge in [-0.25, -0.2) is 0 Å². The van der Waals surface area contributed by atoms with E-state index in [1.807, 2.05) is 0 Å². The van der Waals surface area contributed by atoms with Crippen molar-refractivity contribution in [2.45, 2.75) is 12.8 Å². The van der Waals surface area contributed by atoms with Crippen molar-refractivity contribution in [3.05, 3.63) is 33.4 Å². The zero-order chi connectivity index (χ0) is 12.5. The molecule has 0 radical (unpaired) electrons. The van der Waals surface area contributed by atoms with E-state index in [1.54, 1.807) is 0 Å². The summed E-state index contributed by atoms with van der Waals surface area (Å²) in [5.74, 6) is 0. The topological polar surface area (TPSA) is 89.4 Å². The average Bonchev–Trinajstić information content (AvgIpc) is 2.15. The fourth-order valence-corrected chi connectivity index (χ4v) is 1.17. The molecule has 0 fully saturated rings. The fourth-order valence-electron chi connectivity index (χ4n) is 1.17. The van der Waals surface area contributed by atoms with Crippen LogP contribution in [0.15, 0.2) is 12.1 Å². The van der Waals surface area contributed by atoms with Crippen LogP contribution in [0.4, 0.5) is 24.5 Å². The van der Waals surface area contributed by atoms with Crippen molar-refractivity contribution in [3.63, 3.8) is 0 Å². The fraction of sp³-hybridized carbons (Fsp3) is 0.250. The second-order valence-corrected chi connectivity index (χ2v) is 2.99. The molecule has 0 aromatic heterocycles. The van der Waals surface area contributed by atoms with Crippen LogP contribution in [-0.4, -0.2) is 10.0 Å². The third-order valence-corrected chi connectivity index (χ3v) is 1.90. The number of nitro benzene ring substituents is 1. The van der Waals surface area contributed by atoms with Crippen LogP contribution in [0.5, 0.6) is 0 Å². The van der Waals surface area contributed by atoms with E-state index in [0.717, 1.165) is 6.07 Å². The molecule has 0 heterocycles. The van der Waals surface area contributed by atoms with E-state index in [-0.39, 0.29) is 5.56 Å². The lowest BCUT2D eigenvalue weighted by Gasteiger charge is -2.11. The Hall–Kier alpha value is -1.83. The highest BCUT2D eigenvalue weighted by Crippen LogP contribution is 2.38. The number of nitro groups is 1. The van der Waals surface area contributed by atoms with Crippen LogP contribution in [-0.2, 0) is 12.8 Å². The zero-order valence-corrected chi connectivity index (χ0v) is 7.78. The average molecular weight is 236 g/mol. The summed E-state index contributed by atoms with van der Waals surface area (Å²) >= 11 is 0. The third-order valence-electron chi connectivity index (χ3n) is 1.90. The molecule has 0 aliphatic carbocycles. The van der Waals surface area contributed by atoms with E-state index in [1.165, 1.54) is 0 Å². The number of aliphatic hydroxyl groups is 1. The van der Waals surface area contributed by atoms with Crippen LogP contribution >= 0.6 is 0 Å². The summed E-state index contributed by atoms with van der Waals surface area (Å²) in [5.41, 5.74) is 1.71. The maximum atomic E-state index is 12.4. The van der Waals surface area contributed by atoms with Gasteiger partial charge < -0.3 is 10.8 Å². The Bertz CT molecular complexity index is 431. The Morgan fingerprint density at radius 1 is 1.44 bits per heavy atom. The van der Waals surface area contributed by atoms with Gasteiger partial charge in [-0.15, -0.1) is 0 Å². The first kappa shape index (κ1) is 12.2. The predicted molar refractivity (Wildman–Crippen MR) is 48.4 cm³/mol. The summed E-state index contributed by atoms with van der Waals surface area (Å²) in [4.78, 5) is 9.42. The highest BCUT2D eigenvalue weighted by Gasteiger charge is 2.36. The monoisotopic (exact) mass is 236 g/mol. The highest BCUT2D eigenvalue weighted by molar-refractivity contribution is 5.65. The van der Waals surface area contributed by atoms with Crippen molar-refractivity contribution in [1.29, 1.82) is 0 Å². The summed E-state index contributed by atoms with van der Waals surface area (Å²) in [6.45, 7) is -0.732. The van der Waals surface area contributed by atoms with Crippen LogP contribution < -0.4 is 5.73 Å². The van der Waals surface area contributed by atoms with Gasteiger partial charge >= 0.3 is 6.18 Å². The van der Waals surface area contributed by atoms with Gasteiger partial charge in [0.25, 0.3) is 5.69 Å². The smallest absolute Gasteiger partial charge is 0.393 e. The number of hydrogen-bond acceptors (Lipinski definition) is 4. The number of aliphatic hydroxyl groups excluding tert-OH is 1. The highest BCUT2D eigenvalue weighted by atomic mass is 19.4. The van der Waals surface area contributed by atoms with E-state index in [2.05, 4.69) is 0 Å². The molecular formula is C8H7F3N2O3. The lowest BCUT2D eigenvalue weighted by Crippen LogP contribution is -2.11. The number of rotatable bonds is 2. The summed E-state index contributed by atoms with van der Waals surface area (Å²) in [5, 5.41) is 19.1. The van der Waals surface area contributed by atoms with Gasteiger partial charge in [0, 0.05) is 6.07 Å². The molecule has 8 heteroatoms. The SMILES string of the molecule is Nc1c([N+](=O)[O-])cc(CO)cc1C(F)(F)F. The number of nitrogens with two attached hydrogens (primary N) is 1. The van der Waals surface area contributed by atoms with Crippen LogP contribution in [0, 0.1) is 10.1 Å². The lowest BCUT2D eigenvalue weighted by molar-refractivity contribution is -0.384. The first-order chi connectivity index (χ1) is 7.27. The third kappa shape index (κ3) is 2.22. The lowest BCUT2D eigenvalue weighted by atomic mass is 10.1. The molecule has 16 heavy (non-hydrogen) atoms. The van der Waals surface area contributed by atoms with Gasteiger partial charge in [0.05, 0.1) is 17.1 Å². The molecule has 0 spiro atoms. The second kappa shape index (κ2) is 3.97. The minimum Gasteiger partial charge on any atom is -0.393 e. The van der Waals surface area contributed by atoms with Crippen molar-refractivity contribution in [2.75, 3.05) is 5.73 Å². The van der Waals surface area contributed by atoms with Crippen molar-refractivity contribution in [3.8, 4) is 0 Å². The summed E-state index contributed by atoms with van der Waals surface area (Å²) in [6, 6.07) is 1.40. The molecule has 1 aromatic carbocycles. The summed E-state index contributed by atoms with van der Waals surface area (Å²) in [6.07, 6.45) is -4.79. The van der Waals surface area contributed by atoms with Gasteiger partial charge in [-0.2, -0.15) is 13.2 Å². The van der Waals surface area contributed by atoms with E-state index in [4.69, 9.17) is 10.8 Å². The number of nitrogens with zero attached hydrogens (tertiary/aromatic N) is 1. The predicted octanol–water partition coefficient (Wildman–Crippen LogP) is 1.69. The van der Waals surface area contributed by atoms with Gasteiger partial charge in [-0.3, -0.25) is 10.1 Å². The van der Waals surface area contributed by atoms with Crippen molar-refractivity contribution in [1.82, 2.24) is 0 Å².